The van der Waals surface area contributed by atoms with Gasteiger partial charge in [0.25, 0.3) is 5.91 Å². The van der Waals surface area contributed by atoms with E-state index in [1.807, 2.05) is 29.2 Å². The van der Waals surface area contributed by atoms with Crippen LogP contribution in [0.2, 0.25) is 0 Å². The summed E-state index contributed by atoms with van der Waals surface area (Å²) in [4.78, 5) is 18.1. The summed E-state index contributed by atoms with van der Waals surface area (Å²) in [6, 6.07) is 12.4. The summed E-state index contributed by atoms with van der Waals surface area (Å²) in [6.45, 7) is 7.77. The number of hydrogen-bond donors (Lipinski definition) is 0. The number of hydrogen-bond acceptors (Lipinski definition) is 4. The summed E-state index contributed by atoms with van der Waals surface area (Å²) in [5.74, 6) is 0.507. The van der Waals surface area contributed by atoms with E-state index in [-0.39, 0.29) is 11.7 Å². The fourth-order valence-corrected chi connectivity index (χ4v) is 4.19. The lowest BCUT2D eigenvalue weighted by Gasteiger charge is -2.35. The Morgan fingerprint density at radius 3 is 2.39 bits per heavy atom. The van der Waals surface area contributed by atoms with Crippen LogP contribution in [0.4, 0.5) is 4.39 Å². The molecule has 0 aromatic heterocycles. The van der Waals surface area contributed by atoms with Gasteiger partial charge in [0.1, 0.15) is 11.6 Å². The second-order valence-electron chi connectivity index (χ2n) is 7.22. The smallest absolute Gasteiger partial charge is 0.253 e. The fraction of sp³-hybridized carbons (Fsp3) is 0.409. The van der Waals surface area contributed by atoms with Crippen molar-refractivity contribution < 1.29 is 13.9 Å². The molecule has 28 heavy (non-hydrogen) atoms. The molecule has 1 heterocycles. The van der Waals surface area contributed by atoms with Gasteiger partial charge < -0.3 is 9.64 Å². The van der Waals surface area contributed by atoms with Crippen LogP contribution in [0.3, 0.4) is 0 Å². The van der Waals surface area contributed by atoms with Gasteiger partial charge in [0.05, 0.1) is 7.11 Å². The number of benzene rings is 2. The summed E-state index contributed by atoms with van der Waals surface area (Å²) >= 11 is 1.79. The van der Waals surface area contributed by atoms with Crippen LogP contribution in [0.25, 0.3) is 0 Å². The Hall–Kier alpha value is -2.05. The van der Waals surface area contributed by atoms with E-state index in [0.717, 1.165) is 24.2 Å². The van der Waals surface area contributed by atoms with Gasteiger partial charge in [-0.3, -0.25) is 9.69 Å². The molecular weight excluding hydrogens is 375 g/mol. The molecule has 3 rings (SSSR count). The summed E-state index contributed by atoms with van der Waals surface area (Å²) in [5.41, 5.74) is 1.56. The lowest BCUT2D eigenvalue weighted by Crippen LogP contribution is -2.48. The molecule has 0 bridgehead atoms. The Morgan fingerprint density at radius 2 is 1.79 bits per heavy atom. The number of thioether (sulfide) groups is 1. The largest absolute Gasteiger partial charge is 0.496 e. The SMILES string of the molecule is COc1ccc(F)cc1CN1CCN(C(=O)c2ccc(SC(C)C)cc2)CC1. The Morgan fingerprint density at radius 1 is 1.11 bits per heavy atom. The van der Waals surface area contributed by atoms with Crippen molar-refractivity contribution in [2.24, 2.45) is 0 Å². The van der Waals surface area contributed by atoms with Crippen molar-refractivity contribution in [2.45, 2.75) is 30.5 Å². The summed E-state index contributed by atoms with van der Waals surface area (Å²) in [5, 5.41) is 0.520. The second-order valence-corrected chi connectivity index (χ2v) is 8.87. The molecule has 0 saturated carbocycles. The molecule has 0 atom stereocenters. The zero-order chi connectivity index (χ0) is 20.1. The molecule has 1 fully saturated rings. The molecule has 2 aromatic carbocycles. The van der Waals surface area contributed by atoms with Crippen LogP contribution in [-0.4, -0.2) is 54.2 Å². The van der Waals surface area contributed by atoms with Crippen LogP contribution in [0, 0.1) is 5.82 Å². The zero-order valence-corrected chi connectivity index (χ0v) is 17.5. The van der Waals surface area contributed by atoms with E-state index in [1.165, 1.54) is 17.0 Å². The minimum atomic E-state index is -0.260. The molecule has 2 aromatic rings. The molecule has 1 amide bonds. The first kappa shape index (κ1) is 20.7. The van der Waals surface area contributed by atoms with Crippen LogP contribution in [-0.2, 0) is 6.54 Å². The third-order valence-corrected chi connectivity index (χ3v) is 5.78. The molecule has 6 heteroatoms. The van der Waals surface area contributed by atoms with Crippen molar-refractivity contribution in [1.29, 1.82) is 0 Å². The van der Waals surface area contributed by atoms with Gasteiger partial charge in [0.2, 0.25) is 0 Å². The first-order valence-electron chi connectivity index (χ1n) is 9.57. The van der Waals surface area contributed by atoms with E-state index >= 15 is 0 Å². The van der Waals surface area contributed by atoms with Crippen LogP contribution in [0.1, 0.15) is 29.8 Å². The van der Waals surface area contributed by atoms with E-state index in [4.69, 9.17) is 4.74 Å². The Bertz CT molecular complexity index is 803. The Labute approximate surface area is 170 Å². The number of halogens is 1. The molecule has 1 saturated heterocycles. The highest BCUT2D eigenvalue weighted by Crippen LogP contribution is 2.24. The zero-order valence-electron chi connectivity index (χ0n) is 16.7. The van der Waals surface area contributed by atoms with Gasteiger partial charge in [-0.2, -0.15) is 0 Å². The van der Waals surface area contributed by atoms with Gasteiger partial charge in [0, 0.05) is 54.0 Å². The first-order valence-corrected chi connectivity index (χ1v) is 10.4. The molecule has 0 aliphatic carbocycles. The van der Waals surface area contributed by atoms with Crippen LogP contribution < -0.4 is 4.74 Å². The highest BCUT2D eigenvalue weighted by molar-refractivity contribution is 7.99. The number of amides is 1. The highest BCUT2D eigenvalue weighted by atomic mass is 32.2. The number of nitrogens with zero attached hydrogens (tertiary/aromatic N) is 2. The van der Waals surface area contributed by atoms with Crippen molar-refractivity contribution in [2.75, 3.05) is 33.3 Å². The monoisotopic (exact) mass is 402 g/mol. The van der Waals surface area contributed by atoms with Crippen molar-refractivity contribution in [1.82, 2.24) is 9.80 Å². The fourth-order valence-electron chi connectivity index (χ4n) is 3.35. The van der Waals surface area contributed by atoms with Crippen LogP contribution in [0.5, 0.6) is 5.75 Å². The van der Waals surface area contributed by atoms with Gasteiger partial charge in [0.15, 0.2) is 0 Å². The Balaban J connectivity index is 1.56. The van der Waals surface area contributed by atoms with E-state index in [9.17, 15) is 9.18 Å². The normalized spacial score (nSPS) is 15.1. The first-order chi connectivity index (χ1) is 13.5. The number of rotatable bonds is 6. The van der Waals surface area contributed by atoms with Crippen molar-refractivity contribution in [3.63, 3.8) is 0 Å². The predicted molar refractivity (Wildman–Crippen MR) is 112 cm³/mol. The van der Waals surface area contributed by atoms with Crippen molar-refractivity contribution >= 4 is 17.7 Å². The standard InChI is InChI=1S/C22H27FN2O2S/c1-16(2)28-20-7-4-17(5-8-20)22(26)25-12-10-24(11-13-25)15-18-14-19(23)6-9-21(18)27-3/h4-9,14,16H,10-13,15H2,1-3H3. The van der Waals surface area contributed by atoms with E-state index in [1.54, 1.807) is 24.9 Å². The maximum Gasteiger partial charge on any atom is 0.253 e. The molecule has 150 valence electrons. The average molecular weight is 403 g/mol. The van der Waals surface area contributed by atoms with Gasteiger partial charge in [-0.25, -0.2) is 4.39 Å². The molecule has 0 radical (unpaired) electrons. The molecule has 1 aliphatic rings. The number of methoxy groups -OCH3 is 1. The topological polar surface area (TPSA) is 32.8 Å². The molecule has 4 nitrogen and oxygen atoms in total. The van der Waals surface area contributed by atoms with E-state index < -0.39 is 0 Å². The lowest BCUT2D eigenvalue weighted by molar-refractivity contribution is 0.0627. The summed E-state index contributed by atoms with van der Waals surface area (Å²) in [6.07, 6.45) is 0. The summed E-state index contributed by atoms with van der Waals surface area (Å²) in [7, 11) is 1.60. The maximum absolute atomic E-state index is 13.6. The minimum absolute atomic E-state index is 0.0732. The number of carbonyl (C=O) groups is 1. The van der Waals surface area contributed by atoms with Gasteiger partial charge >= 0.3 is 0 Å². The molecule has 0 N–H and O–H groups in total. The summed E-state index contributed by atoms with van der Waals surface area (Å²) < 4.78 is 18.9. The quantitative estimate of drug-likeness (QED) is 0.675. The van der Waals surface area contributed by atoms with Gasteiger partial charge in [-0.1, -0.05) is 13.8 Å². The minimum Gasteiger partial charge on any atom is -0.496 e. The molecular formula is C22H27FN2O2S. The van der Waals surface area contributed by atoms with Crippen LogP contribution in [0.15, 0.2) is 47.4 Å². The molecule has 1 aliphatic heterocycles. The molecule has 0 unspecified atom stereocenters. The van der Waals surface area contributed by atoms with Crippen molar-refractivity contribution in [3.05, 3.63) is 59.4 Å². The third-order valence-electron chi connectivity index (χ3n) is 4.77. The average Bonchev–Trinajstić information content (AvgIpc) is 2.68. The van der Waals surface area contributed by atoms with Gasteiger partial charge in [-0.15, -0.1) is 11.8 Å². The molecule has 0 spiro atoms. The third kappa shape index (κ3) is 5.26. The Kier molecular flexibility index (Phi) is 6.97. The number of carbonyl (C=O) groups excluding carboxylic acids is 1. The van der Waals surface area contributed by atoms with Crippen molar-refractivity contribution in [3.8, 4) is 5.75 Å². The van der Waals surface area contributed by atoms with Gasteiger partial charge in [-0.05, 0) is 42.5 Å². The van der Waals surface area contributed by atoms with E-state index in [2.05, 4.69) is 18.7 Å². The second kappa shape index (κ2) is 9.43. The highest BCUT2D eigenvalue weighted by Gasteiger charge is 2.23. The number of piperazine rings is 1. The lowest BCUT2D eigenvalue weighted by atomic mass is 10.1. The van der Waals surface area contributed by atoms with E-state index in [0.29, 0.717) is 30.6 Å². The maximum atomic E-state index is 13.6. The van der Waals surface area contributed by atoms with Crippen LogP contribution >= 0.6 is 11.8 Å². The predicted octanol–water partition coefficient (Wildman–Crippen LogP) is 4.29. The number of ether oxygens (including phenoxy) is 1.